The van der Waals surface area contributed by atoms with Crippen molar-refractivity contribution in [3.63, 3.8) is 0 Å². The van der Waals surface area contributed by atoms with Crippen LogP contribution in [0.5, 0.6) is 0 Å². The molecular weight excluding hydrogens is 318 g/mol. The summed E-state index contributed by atoms with van der Waals surface area (Å²) in [6.07, 6.45) is 5.30. The van der Waals surface area contributed by atoms with Gasteiger partial charge in [0.2, 0.25) is 0 Å². The summed E-state index contributed by atoms with van der Waals surface area (Å²) >= 11 is 0. The standard InChI is InChI=1S/C19H27N3O3/c1-13-11-14(18(23)21-15-5-3-2-4-6-15)7-8-16(13)22-19(24)17-12-20-9-10-25-17/h7-8,11,15,17,20H,2-6,9-10,12H2,1H3,(H,21,23)(H,22,24)/t17-/m1/s1. The molecule has 1 aromatic carbocycles. The van der Waals surface area contributed by atoms with Gasteiger partial charge in [-0.05, 0) is 43.5 Å². The minimum absolute atomic E-state index is 0.0345. The summed E-state index contributed by atoms with van der Waals surface area (Å²) in [5.74, 6) is -0.192. The molecule has 1 heterocycles. The van der Waals surface area contributed by atoms with Crippen molar-refractivity contribution in [2.24, 2.45) is 0 Å². The Morgan fingerprint density at radius 1 is 1.20 bits per heavy atom. The van der Waals surface area contributed by atoms with E-state index in [-0.39, 0.29) is 17.9 Å². The van der Waals surface area contributed by atoms with Gasteiger partial charge >= 0.3 is 0 Å². The lowest BCUT2D eigenvalue weighted by atomic mass is 9.95. The van der Waals surface area contributed by atoms with Crippen LogP contribution in [0.3, 0.4) is 0 Å². The van der Waals surface area contributed by atoms with Crippen molar-refractivity contribution < 1.29 is 14.3 Å². The lowest BCUT2D eigenvalue weighted by Crippen LogP contribution is -2.45. The zero-order chi connectivity index (χ0) is 17.6. The number of nitrogens with one attached hydrogen (secondary N) is 3. The Morgan fingerprint density at radius 3 is 2.68 bits per heavy atom. The van der Waals surface area contributed by atoms with E-state index in [2.05, 4.69) is 16.0 Å². The number of morpholine rings is 1. The molecule has 3 N–H and O–H groups in total. The van der Waals surface area contributed by atoms with E-state index < -0.39 is 6.10 Å². The van der Waals surface area contributed by atoms with E-state index in [1.165, 1.54) is 19.3 Å². The van der Waals surface area contributed by atoms with Gasteiger partial charge in [-0.3, -0.25) is 9.59 Å². The van der Waals surface area contributed by atoms with Crippen LogP contribution in [0, 0.1) is 6.92 Å². The maximum absolute atomic E-state index is 12.4. The smallest absolute Gasteiger partial charge is 0.254 e. The van der Waals surface area contributed by atoms with E-state index in [0.717, 1.165) is 24.9 Å². The molecule has 6 heteroatoms. The van der Waals surface area contributed by atoms with E-state index >= 15 is 0 Å². The minimum atomic E-state index is -0.470. The third-order valence-electron chi connectivity index (χ3n) is 4.91. The van der Waals surface area contributed by atoms with Crippen molar-refractivity contribution in [3.05, 3.63) is 29.3 Å². The summed E-state index contributed by atoms with van der Waals surface area (Å²) in [4.78, 5) is 24.7. The fraction of sp³-hybridized carbons (Fsp3) is 0.579. The third kappa shape index (κ3) is 4.80. The molecule has 6 nitrogen and oxygen atoms in total. The Labute approximate surface area is 148 Å². The monoisotopic (exact) mass is 345 g/mol. The number of carbonyl (C=O) groups excluding carboxylic acids is 2. The van der Waals surface area contributed by atoms with Crippen LogP contribution in [0.4, 0.5) is 5.69 Å². The van der Waals surface area contributed by atoms with Crippen LogP contribution < -0.4 is 16.0 Å². The Kier molecular flexibility index (Phi) is 6.04. The lowest BCUT2D eigenvalue weighted by molar-refractivity contribution is -0.128. The second-order valence-electron chi connectivity index (χ2n) is 6.89. The van der Waals surface area contributed by atoms with Gasteiger partial charge < -0.3 is 20.7 Å². The van der Waals surface area contributed by atoms with E-state index in [0.29, 0.717) is 24.4 Å². The quantitative estimate of drug-likeness (QED) is 0.780. The first-order valence-electron chi connectivity index (χ1n) is 9.18. The van der Waals surface area contributed by atoms with Gasteiger partial charge in [-0.1, -0.05) is 19.3 Å². The van der Waals surface area contributed by atoms with Crippen LogP contribution >= 0.6 is 0 Å². The van der Waals surface area contributed by atoms with E-state index in [4.69, 9.17) is 4.74 Å². The summed E-state index contributed by atoms with van der Waals surface area (Å²) in [5.41, 5.74) is 2.22. The minimum Gasteiger partial charge on any atom is -0.366 e. The number of carbonyl (C=O) groups is 2. The molecule has 1 saturated carbocycles. The molecule has 25 heavy (non-hydrogen) atoms. The van der Waals surface area contributed by atoms with Crippen LogP contribution in [0.15, 0.2) is 18.2 Å². The third-order valence-corrected chi connectivity index (χ3v) is 4.91. The van der Waals surface area contributed by atoms with Crippen molar-refractivity contribution in [3.8, 4) is 0 Å². The summed E-state index contributed by atoms with van der Waals surface area (Å²) < 4.78 is 5.46. The van der Waals surface area contributed by atoms with Crippen LogP contribution in [-0.2, 0) is 9.53 Å². The van der Waals surface area contributed by atoms with Crippen molar-refractivity contribution in [1.29, 1.82) is 0 Å². The number of benzene rings is 1. The molecule has 2 fully saturated rings. The van der Waals surface area contributed by atoms with Crippen LogP contribution in [0.25, 0.3) is 0 Å². The largest absolute Gasteiger partial charge is 0.366 e. The highest BCUT2D eigenvalue weighted by Gasteiger charge is 2.22. The molecule has 2 aliphatic rings. The first kappa shape index (κ1) is 17.9. The van der Waals surface area contributed by atoms with Crippen LogP contribution in [-0.4, -0.2) is 43.7 Å². The van der Waals surface area contributed by atoms with Gasteiger partial charge in [0, 0.05) is 30.4 Å². The molecule has 1 aliphatic heterocycles. The predicted octanol–water partition coefficient (Wildman–Crippen LogP) is 1.98. The number of rotatable bonds is 4. The molecule has 0 spiro atoms. The van der Waals surface area contributed by atoms with Gasteiger partial charge in [-0.2, -0.15) is 0 Å². The fourth-order valence-corrected chi connectivity index (χ4v) is 3.41. The average Bonchev–Trinajstić information content (AvgIpc) is 2.65. The second kappa shape index (κ2) is 8.45. The molecule has 1 aliphatic carbocycles. The fourth-order valence-electron chi connectivity index (χ4n) is 3.41. The summed E-state index contributed by atoms with van der Waals surface area (Å²) in [5, 5.41) is 9.15. The maximum Gasteiger partial charge on any atom is 0.254 e. The molecule has 1 aromatic rings. The maximum atomic E-state index is 12.4. The summed E-state index contributed by atoms with van der Waals surface area (Å²) in [6.45, 7) is 3.73. The first-order chi connectivity index (χ1) is 12.1. The lowest BCUT2D eigenvalue weighted by Gasteiger charge is -2.24. The van der Waals surface area contributed by atoms with Crippen LogP contribution in [0.2, 0.25) is 0 Å². The van der Waals surface area contributed by atoms with Crippen molar-refractivity contribution in [2.45, 2.75) is 51.2 Å². The van der Waals surface area contributed by atoms with Gasteiger partial charge in [-0.25, -0.2) is 0 Å². The first-order valence-corrected chi connectivity index (χ1v) is 9.18. The molecule has 0 bridgehead atoms. The highest BCUT2D eigenvalue weighted by molar-refractivity contribution is 5.98. The number of hydrogen-bond donors (Lipinski definition) is 3. The van der Waals surface area contributed by atoms with Gasteiger partial charge in [0.05, 0.1) is 6.61 Å². The highest BCUT2D eigenvalue weighted by atomic mass is 16.5. The molecule has 1 saturated heterocycles. The van der Waals surface area contributed by atoms with Gasteiger partial charge in [0.15, 0.2) is 0 Å². The Bertz CT molecular complexity index is 620. The molecule has 3 rings (SSSR count). The Hall–Kier alpha value is -1.92. The van der Waals surface area contributed by atoms with Crippen molar-refractivity contribution in [2.75, 3.05) is 25.0 Å². The van der Waals surface area contributed by atoms with Crippen molar-refractivity contribution in [1.82, 2.24) is 10.6 Å². The summed E-state index contributed by atoms with van der Waals surface area (Å²) in [7, 11) is 0. The number of anilines is 1. The molecular formula is C19H27N3O3. The van der Waals surface area contributed by atoms with E-state index in [1.807, 2.05) is 13.0 Å². The molecule has 136 valence electrons. The molecule has 0 radical (unpaired) electrons. The van der Waals surface area contributed by atoms with Gasteiger partial charge in [0.25, 0.3) is 11.8 Å². The van der Waals surface area contributed by atoms with Crippen molar-refractivity contribution >= 4 is 17.5 Å². The van der Waals surface area contributed by atoms with Gasteiger partial charge in [-0.15, -0.1) is 0 Å². The molecule has 0 unspecified atom stereocenters. The Morgan fingerprint density at radius 2 is 2.00 bits per heavy atom. The van der Waals surface area contributed by atoms with E-state index in [9.17, 15) is 9.59 Å². The summed E-state index contributed by atoms with van der Waals surface area (Å²) in [6, 6.07) is 5.67. The van der Waals surface area contributed by atoms with Gasteiger partial charge in [0.1, 0.15) is 6.10 Å². The molecule has 2 amide bonds. The average molecular weight is 345 g/mol. The number of hydrogen-bond acceptors (Lipinski definition) is 4. The number of ether oxygens (including phenoxy) is 1. The molecule has 0 aromatic heterocycles. The highest BCUT2D eigenvalue weighted by Crippen LogP contribution is 2.20. The molecule has 1 atom stereocenters. The van der Waals surface area contributed by atoms with Crippen LogP contribution in [0.1, 0.15) is 48.0 Å². The zero-order valence-electron chi connectivity index (χ0n) is 14.8. The Balaban J connectivity index is 1.59. The topological polar surface area (TPSA) is 79.5 Å². The predicted molar refractivity (Wildman–Crippen MR) is 96.8 cm³/mol. The zero-order valence-corrected chi connectivity index (χ0v) is 14.8. The normalized spacial score (nSPS) is 21.6. The van der Waals surface area contributed by atoms with E-state index in [1.54, 1.807) is 12.1 Å². The number of amides is 2. The second-order valence-corrected chi connectivity index (χ2v) is 6.89. The number of aryl methyl sites for hydroxylation is 1. The SMILES string of the molecule is Cc1cc(C(=O)NC2CCCCC2)ccc1NC(=O)[C@H]1CNCCO1.